The van der Waals surface area contributed by atoms with Crippen LogP contribution in [0.25, 0.3) is 0 Å². The van der Waals surface area contributed by atoms with Crippen LogP contribution in [-0.4, -0.2) is 26.7 Å². The molecule has 1 aliphatic rings. The first-order valence-electron chi connectivity index (χ1n) is 5.41. The Morgan fingerprint density at radius 1 is 1.24 bits per heavy atom. The van der Waals surface area contributed by atoms with Crippen LogP contribution in [0.3, 0.4) is 0 Å². The molecule has 0 unspecified atom stereocenters. The molecule has 1 aromatic heterocycles. The molecule has 0 amide bonds. The Balaban J connectivity index is 2.07. The molecule has 0 N–H and O–H groups in total. The molecule has 2 atom stereocenters. The zero-order chi connectivity index (χ0) is 11.8. The fourth-order valence-electron chi connectivity index (χ4n) is 2.14. The van der Waals surface area contributed by atoms with Crippen LogP contribution in [0.5, 0.6) is 5.75 Å². The lowest BCUT2D eigenvalue weighted by molar-refractivity contribution is 0.0717. The third kappa shape index (κ3) is 1.51. The lowest BCUT2D eigenvalue weighted by atomic mass is 9.96. The van der Waals surface area contributed by atoms with Crippen molar-refractivity contribution in [1.82, 2.24) is 14.8 Å². The van der Waals surface area contributed by atoms with Crippen LogP contribution in [0.2, 0.25) is 0 Å². The summed E-state index contributed by atoms with van der Waals surface area (Å²) < 4.78 is 7.42. The number of rotatable bonds is 1. The average molecular weight is 229 g/mol. The van der Waals surface area contributed by atoms with Gasteiger partial charge in [0.15, 0.2) is 5.78 Å². The zero-order valence-electron chi connectivity index (χ0n) is 9.28. The highest BCUT2D eigenvalue weighted by Crippen LogP contribution is 2.32. The summed E-state index contributed by atoms with van der Waals surface area (Å²) in [5.74, 6) is 0.688. The summed E-state index contributed by atoms with van der Waals surface area (Å²) in [6.07, 6.45) is 2.85. The molecule has 0 saturated heterocycles. The van der Waals surface area contributed by atoms with Crippen molar-refractivity contribution in [3.8, 4) is 5.75 Å². The predicted molar refractivity (Wildman–Crippen MR) is 59.9 cm³/mol. The summed E-state index contributed by atoms with van der Waals surface area (Å²) in [6, 6.07) is 6.89. The standard InChI is InChI=1S/C12H11N3O2/c1-8-11(15-6-13-14-7-15)12(16)9-4-2-3-5-10(9)17-8/h2-8,11H,1H3/t8-,11-/m1/s1. The molecule has 1 aliphatic heterocycles. The Kier molecular flexibility index (Phi) is 2.18. The first kappa shape index (κ1) is 10.0. The maximum absolute atomic E-state index is 12.4. The zero-order valence-corrected chi connectivity index (χ0v) is 9.28. The molecule has 1 aromatic carbocycles. The highest BCUT2D eigenvalue weighted by atomic mass is 16.5. The van der Waals surface area contributed by atoms with E-state index in [1.54, 1.807) is 10.6 Å². The highest BCUT2D eigenvalue weighted by Gasteiger charge is 2.35. The van der Waals surface area contributed by atoms with Crippen molar-refractivity contribution >= 4 is 5.78 Å². The number of ketones is 1. The number of carbonyl (C=O) groups is 1. The fourth-order valence-corrected chi connectivity index (χ4v) is 2.14. The van der Waals surface area contributed by atoms with Crippen molar-refractivity contribution in [3.63, 3.8) is 0 Å². The molecule has 0 radical (unpaired) electrons. The summed E-state index contributed by atoms with van der Waals surface area (Å²) in [6.45, 7) is 1.87. The van der Waals surface area contributed by atoms with Crippen LogP contribution in [0.1, 0.15) is 23.3 Å². The second kappa shape index (κ2) is 3.69. The number of hydrogen-bond acceptors (Lipinski definition) is 4. The molecule has 2 aromatic rings. The summed E-state index contributed by atoms with van der Waals surface area (Å²) in [7, 11) is 0. The predicted octanol–water partition coefficient (Wildman–Crippen LogP) is 1.48. The number of para-hydroxylation sites is 1. The van der Waals surface area contributed by atoms with Gasteiger partial charge in [0.25, 0.3) is 0 Å². The van der Waals surface area contributed by atoms with E-state index in [2.05, 4.69) is 10.2 Å². The highest BCUT2D eigenvalue weighted by molar-refractivity contribution is 6.02. The Hall–Kier alpha value is -2.17. The van der Waals surface area contributed by atoms with E-state index in [0.717, 1.165) is 0 Å². The van der Waals surface area contributed by atoms with Crippen molar-refractivity contribution in [2.45, 2.75) is 19.1 Å². The van der Waals surface area contributed by atoms with Crippen LogP contribution < -0.4 is 4.74 Å². The van der Waals surface area contributed by atoms with Crippen molar-refractivity contribution in [2.24, 2.45) is 0 Å². The van der Waals surface area contributed by atoms with Gasteiger partial charge in [-0.15, -0.1) is 10.2 Å². The Morgan fingerprint density at radius 3 is 2.71 bits per heavy atom. The molecular formula is C12H11N3O2. The van der Waals surface area contributed by atoms with E-state index in [9.17, 15) is 4.79 Å². The number of aromatic nitrogens is 3. The molecule has 86 valence electrons. The summed E-state index contributed by atoms with van der Waals surface area (Å²) in [5, 5.41) is 7.45. The Labute approximate surface area is 98.0 Å². The lowest BCUT2D eigenvalue weighted by Gasteiger charge is -2.30. The largest absolute Gasteiger partial charge is 0.487 e. The maximum atomic E-state index is 12.4. The van der Waals surface area contributed by atoms with Gasteiger partial charge < -0.3 is 9.30 Å². The van der Waals surface area contributed by atoms with E-state index >= 15 is 0 Å². The molecule has 2 heterocycles. The van der Waals surface area contributed by atoms with Gasteiger partial charge in [0.2, 0.25) is 0 Å². The van der Waals surface area contributed by atoms with Crippen LogP contribution >= 0.6 is 0 Å². The van der Waals surface area contributed by atoms with Gasteiger partial charge in [-0.1, -0.05) is 12.1 Å². The fraction of sp³-hybridized carbons (Fsp3) is 0.250. The third-order valence-corrected chi connectivity index (χ3v) is 2.94. The smallest absolute Gasteiger partial charge is 0.193 e. The number of benzene rings is 1. The van der Waals surface area contributed by atoms with Crippen molar-refractivity contribution in [2.75, 3.05) is 0 Å². The van der Waals surface area contributed by atoms with E-state index in [1.165, 1.54) is 12.7 Å². The molecule has 0 fully saturated rings. The van der Waals surface area contributed by atoms with Gasteiger partial charge in [0, 0.05) is 0 Å². The molecule has 0 aliphatic carbocycles. The second-order valence-electron chi connectivity index (χ2n) is 4.04. The minimum atomic E-state index is -0.389. The van der Waals surface area contributed by atoms with Gasteiger partial charge in [0.1, 0.15) is 30.5 Å². The number of fused-ring (bicyclic) bond motifs is 1. The number of ether oxygens (including phenoxy) is 1. The SMILES string of the molecule is C[C@H]1Oc2ccccc2C(=O)[C@@H]1n1cnnc1. The number of carbonyl (C=O) groups excluding carboxylic acids is 1. The van der Waals surface area contributed by atoms with Crippen molar-refractivity contribution in [1.29, 1.82) is 0 Å². The average Bonchev–Trinajstić information content (AvgIpc) is 2.83. The van der Waals surface area contributed by atoms with Crippen molar-refractivity contribution < 1.29 is 9.53 Å². The van der Waals surface area contributed by atoms with E-state index in [1.807, 2.05) is 25.1 Å². The van der Waals surface area contributed by atoms with E-state index in [4.69, 9.17) is 4.74 Å². The summed E-state index contributed by atoms with van der Waals surface area (Å²) >= 11 is 0. The topological polar surface area (TPSA) is 57.0 Å². The number of Topliss-reactive ketones (excluding diaryl/α,β-unsaturated/α-hetero) is 1. The molecule has 5 heteroatoms. The molecule has 5 nitrogen and oxygen atoms in total. The minimum Gasteiger partial charge on any atom is -0.487 e. The Morgan fingerprint density at radius 2 is 1.94 bits per heavy atom. The number of nitrogens with zero attached hydrogens (tertiary/aromatic N) is 3. The summed E-state index contributed by atoms with van der Waals surface area (Å²) in [5.41, 5.74) is 0.615. The van der Waals surface area contributed by atoms with E-state index < -0.39 is 0 Å². The van der Waals surface area contributed by atoms with E-state index in [0.29, 0.717) is 11.3 Å². The normalized spacial score (nSPS) is 23.0. The first-order chi connectivity index (χ1) is 8.27. The monoisotopic (exact) mass is 229 g/mol. The van der Waals surface area contributed by atoms with Crippen LogP contribution in [0.15, 0.2) is 36.9 Å². The third-order valence-electron chi connectivity index (χ3n) is 2.94. The molecule has 17 heavy (non-hydrogen) atoms. The van der Waals surface area contributed by atoms with Gasteiger partial charge in [-0.2, -0.15) is 0 Å². The molecule has 3 rings (SSSR count). The number of hydrogen-bond donors (Lipinski definition) is 0. The van der Waals surface area contributed by atoms with Gasteiger partial charge >= 0.3 is 0 Å². The van der Waals surface area contributed by atoms with Gasteiger partial charge in [0.05, 0.1) is 5.56 Å². The van der Waals surface area contributed by atoms with Gasteiger partial charge in [-0.3, -0.25) is 4.79 Å². The van der Waals surface area contributed by atoms with Gasteiger partial charge in [-0.25, -0.2) is 0 Å². The maximum Gasteiger partial charge on any atom is 0.193 e. The van der Waals surface area contributed by atoms with Crippen LogP contribution in [0, 0.1) is 0 Å². The Bertz CT molecular complexity index is 551. The molecule has 0 saturated carbocycles. The van der Waals surface area contributed by atoms with Crippen LogP contribution in [-0.2, 0) is 0 Å². The molecule has 0 bridgehead atoms. The summed E-state index contributed by atoms with van der Waals surface area (Å²) in [4.78, 5) is 12.4. The van der Waals surface area contributed by atoms with Gasteiger partial charge in [-0.05, 0) is 19.1 Å². The van der Waals surface area contributed by atoms with Crippen LogP contribution in [0.4, 0.5) is 0 Å². The molecular weight excluding hydrogens is 218 g/mol. The first-order valence-corrected chi connectivity index (χ1v) is 5.41. The van der Waals surface area contributed by atoms with Crippen molar-refractivity contribution in [3.05, 3.63) is 42.5 Å². The second-order valence-corrected chi connectivity index (χ2v) is 4.04. The van der Waals surface area contributed by atoms with E-state index in [-0.39, 0.29) is 17.9 Å². The quantitative estimate of drug-likeness (QED) is 0.743. The minimum absolute atomic E-state index is 0.0409. The molecule has 0 spiro atoms. The lowest BCUT2D eigenvalue weighted by Crippen LogP contribution is -2.37.